The normalized spacial score (nSPS) is 16.7. The number of aliphatic imine (C=N–C) groups is 1. The van der Waals surface area contributed by atoms with Crippen LogP contribution in [0.1, 0.15) is 11.3 Å². The third kappa shape index (κ3) is 3.66. The molecule has 0 spiro atoms. The highest BCUT2D eigenvalue weighted by Gasteiger charge is 2.35. The summed E-state index contributed by atoms with van der Waals surface area (Å²) in [4.78, 5) is 24.9. The highest BCUT2D eigenvalue weighted by atomic mass is 32.2. The number of anilines is 1. The maximum atomic E-state index is 13.4. The van der Waals surface area contributed by atoms with Gasteiger partial charge >= 0.3 is 0 Å². The van der Waals surface area contributed by atoms with Gasteiger partial charge in [-0.2, -0.15) is 0 Å². The molecule has 0 atom stereocenters. The second-order valence-electron chi connectivity index (χ2n) is 7.33. The van der Waals surface area contributed by atoms with Crippen molar-refractivity contribution >= 4 is 51.3 Å². The molecule has 6 heteroatoms. The lowest BCUT2D eigenvalue weighted by atomic mass is 10.1. The average Bonchev–Trinajstić information content (AvgIpc) is 3.25. The summed E-state index contributed by atoms with van der Waals surface area (Å²) in [7, 11) is 2.01. The van der Waals surface area contributed by atoms with E-state index >= 15 is 0 Å². The minimum Gasteiger partial charge on any atom is -0.350 e. The van der Waals surface area contributed by atoms with Crippen molar-refractivity contribution in [1.82, 2.24) is 9.55 Å². The number of fused-ring (bicyclic) bond motifs is 1. The number of thioether (sulfide) groups is 1. The van der Waals surface area contributed by atoms with E-state index in [1.54, 1.807) is 4.90 Å². The molecular weight excluding hydrogens is 404 g/mol. The molecule has 0 radical (unpaired) electrons. The fourth-order valence-corrected chi connectivity index (χ4v) is 4.65. The zero-order chi connectivity index (χ0) is 21.4. The molecule has 0 bridgehead atoms. The van der Waals surface area contributed by atoms with Crippen LogP contribution >= 0.6 is 11.8 Å². The maximum absolute atomic E-state index is 13.4. The van der Waals surface area contributed by atoms with E-state index in [1.165, 1.54) is 11.8 Å². The smallest absolute Gasteiger partial charge is 0.271 e. The minimum atomic E-state index is -0.0875. The topological polar surface area (TPSA) is 50.5 Å². The number of hydrogen-bond donors (Lipinski definition) is 0. The van der Waals surface area contributed by atoms with E-state index in [0.29, 0.717) is 15.9 Å². The minimum absolute atomic E-state index is 0.0875. The highest BCUT2D eigenvalue weighted by Crippen LogP contribution is 2.38. The molecule has 0 unspecified atom stereocenters. The molecule has 5 nitrogen and oxygen atoms in total. The molecule has 1 saturated heterocycles. The fourth-order valence-electron chi connectivity index (χ4n) is 3.67. The predicted molar refractivity (Wildman–Crippen MR) is 128 cm³/mol. The summed E-state index contributed by atoms with van der Waals surface area (Å²) in [6, 6.07) is 23.5. The van der Waals surface area contributed by atoms with E-state index in [9.17, 15) is 4.79 Å². The van der Waals surface area contributed by atoms with E-state index < -0.39 is 0 Å². The Morgan fingerprint density at radius 3 is 2.55 bits per heavy atom. The van der Waals surface area contributed by atoms with Crippen molar-refractivity contribution in [2.45, 2.75) is 6.92 Å². The summed E-state index contributed by atoms with van der Waals surface area (Å²) < 4.78 is 2.08. The van der Waals surface area contributed by atoms with Crippen molar-refractivity contribution < 1.29 is 4.79 Å². The first kappa shape index (κ1) is 19.3. The van der Waals surface area contributed by atoms with Crippen LogP contribution in [0.25, 0.3) is 17.0 Å². The largest absolute Gasteiger partial charge is 0.350 e. The van der Waals surface area contributed by atoms with Crippen LogP contribution in [0.15, 0.2) is 88.9 Å². The van der Waals surface area contributed by atoms with Crippen LogP contribution in [-0.4, -0.2) is 20.6 Å². The number of hydrogen-bond acceptors (Lipinski definition) is 4. The quantitative estimate of drug-likeness (QED) is 0.397. The van der Waals surface area contributed by atoms with E-state index in [1.807, 2.05) is 80.7 Å². The number of nitrogens with zero attached hydrogens (tertiary/aromatic N) is 4. The van der Waals surface area contributed by atoms with Crippen molar-refractivity contribution in [3.8, 4) is 0 Å². The molecule has 4 aromatic rings. The summed E-state index contributed by atoms with van der Waals surface area (Å²) in [5.41, 5.74) is 3.81. The Labute approximate surface area is 184 Å². The third-order valence-electron chi connectivity index (χ3n) is 5.12. The molecule has 5 rings (SSSR count). The number of aryl methyl sites for hydroxylation is 2. The van der Waals surface area contributed by atoms with Crippen molar-refractivity contribution in [3.63, 3.8) is 0 Å². The first-order valence-electron chi connectivity index (χ1n) is 9.95. The van der Waals surface area contributed by atoms with Gasteiger partial charge in [0.15, 0.2) is 11.0 Å². The number of carbonyl (C=O) groups excluding carboxylic acids is 1. The van der Waals surface area contributed by atoms with Gasteiger partial charge in [-0.25, -0.2) is 9.98 Å². The van der Waals surface area contributed by atoms with Gasteiger partial charge < -0.3 is 4.57 Å². The van der Waals surface area contributed by atoms with Gasteiger partial charge in [0.05, 0.1) is 10.6 Å². The summed E-state index contributed by atoms with van der Waals surface area (Å²) in [6.07, 6.45) is 4.01. The van der Waals surface area contributed by atoms with Gasteiger partial charge in [0, 0.05) is 35.4 Å². The predicted octanol–water partition coefficient (Wildman–Crippen LogP) is 5.69. The molecule has 2 aromatic carbocycles. The van der Waals surface area contributed by atoms with Crippen LogP contribution in [0.3, 0.4) is 0 Å². The van der Waals surface area contributed by atoms with Crippen LogP contribution < -0.4 is 4.90 Å². The Bertz CT molecular complexity index is 1350. The zero-order valence-electron chi connectivity index (χ0n) is 17.2. The van der Waals surface area contributed by atoms with Crippen LogP contribution in [0.2, 0.25) is 0 Å². The van der Waals surface area contributed by atoms with Gasteiger partial charge in [0.25, 0.3) is 5.91 Å². The molecule has 0 N–H and O–H groups in total. The van der Waals surface area contributed by atoms with Gasteiger partial charge in [0.1, 0.15) is 0 Å². The molecule has 0 aliphatic carbocycles. The molecule has 2 aromatic heterocycles. The van der Waals surface area contributed by atoms with Gasteiger partial charge in [-0.15, -0.1) is 0 Å². The summed E-state index contributed by atoms with van der Waals surface area (Å²) in [6.45, 7) is 1.93. The van der Waals surface area contributed by atoms with Gasteiger partial charge in [-0.3, -0.25) is 9.69 Å². The Morgan fingerprint density at radius 2 is 1.74 bits per heavy atom. The van der Waals surface area contributed by atoms with Gasteiger partial charge in [-0.1, -0.05) is 42.5 Å². The van der Waals surface area contributed by atoms with Gasteiger partial charge in [-0.05, 0) is 55.1 Å². The molecular formula is C25H20N4OS. The van der Waals surface area contributed by atoms with Crippen molar-refractivity contribution in [2.75, 3.05) is 4.90 Å². The Balaban J connectivity index is 1.61. The molecule has 152 valence electrons. The number of aromatic nitrogens is 2. The molecule has 31 heavy (non-hydrogen) atoms. The first-order chi connectivity index (χ1) is 15.1. The lowest BCUT2D eigenvalue weighted by Crippen LogP contribution is -2.28. The van der Waals surface area contributed by atoms with Crippen molar-refractivity contribution in [3.05, 3.63) is 95.2 Å². The lowest BCUT2D eigenvalue weighted by Gasteiger charge is -2.15. The second kappa shape index (κ2) is 7.89. The Hall–Kier alpha value is -3.64. The molecule has 1 aliphatic rings. The average molecular weight is 425 g/mol. The maximum Gasteiger partial charge on any atom is 0.271 e. The third-order valence-corrected chi connectivity index (χ3v) is 6.09. The molecule has 1 aliphatic heterocycles. The van der Waals surface area contributed by atoms with Crippen LogP contribution in [0.5, 0.6) is 0 Å². The summed E-state index contributed by atoms with van der Waals surface area (Å²) >= 11 is 1.37. The second-order valence-corrected chi connectivity index (χ2v) is 8.34. The van der Waals surface area contributed by atoms with Crippen LogP contribution in [0, 0.1) is 6.92 Å². The van der Waals surface area contributed by atoms with Gasteiger partial charge in [0.2, 0.25) is 0 Å². The monoisotopic (exact) mass is 424 g/mol. The number of amides is 1. The Morgan fingerprint density at radius 1 is 0.968 bits per heavy atom. The SMILES string of the molecule is Cc1cccc(/N=C2/S/C(=C\c3cn(C)c4ccccc34)C(=O)N2c2ccccc2)n1. The van der Waals surface area contributed by atoms with E-state index in [0.717, 1.165) is 27.8 Å². The first-order valence-corrected chi connectivity index (χ1v) is 10.8. The van der Waals surface area contributed by atoms with Crippen molar-refractivity contribution in [1.29, 1.82) is 0 Å². The number of amidine groups is 1. The fraction of sp³-hybridized carbons (Fsp3) is 0.0800. The van der Waals surface area contributed by atoms with Crippen molar-refractivity contribution in [2.24, 2.45) is 12.0 Å². The van der Waals surface area contributed by atoms with E-state index in [-0.39, 0.29) is 5.91 Å². The van der Waals surface area contributed by atoms with Crippen LogP contribution in [0.4, 0.5) is 11.5 Å². The Kier molecular flexibility index (Phi) is 4.92. The zero-order valence-corrected chi connectivity index (χ0v) is 18.0. The molecule has 1 fully saturated rings. The number of benzene rings is 2. The molecule has 1 amide bonds. The lowest BCUT2D eigenvalue weighted by molar-refractivity contribution is -0.113. The number of carbonyl (C=O) groups is 1. The molecule has 0 saturated carbocycles. The number of para-hydroxylation sites is 2. The van der Waals surface area contributed by atoms with E-state index in [2.05, 4.69) is 27.9 Å². The number of pyridine rings is 1. The standard InChI is InChI=1S/C25H20N4OS/c1-17-9-8-14-23(26-17)27-25-29(19-10-4-3-5-11-19)24(30)22(31-25)15-18-16-28(2)21-13-7-6-12-20(18)21/h3-16H,1-2H3/b22-15-,27-25+. The summed E-state index contributed by atoms with van der Waals surface area (Å²) in [5, 5.41) is 1.71. The number of rotatable bonds is 3. The molecule has 3 heterocycles. The van der Waals surface area contributed by atoms with E-state index in [4.69, 9.17) is 4.99 Å². The highest BCUT2D eigenvalue weighted by molar-refractivity contribution is 8.19. The summed E-state index contributed by atoms with van der Waals surface area (Å²) in [5.74, 6) is 0.498. The van der Waals surface area contributed by atoms with Crippen LogP contribution in [-0.2, 0) is 11.8 Å².